The van der Waals surface area contributed by atoms with Gasteiger partial charge in [-0.3, -0.25) is 0 Å². The molecule has 1 aromatic rings. The van der Waals surface area contributed by atoms with Gasteiger partial charge in [0.05, 0.1) is 0 Å². The Labute approximate surface area is 112 Å². The van der Waals surface area contributed by atoms with Crippen molar-refractivity contribution in [2.75, 3.05) is 0 Å². The van der Waals surface area contributed by atoms with Crippen LogP contribution >= 0.6 is 0 Å². The first-order valence-electron chi connectivity index (χ1n) is 4.44. The number of rotatable bonds is 3. The predicted octanol–water partition coefficient (Wildman–Crippen LogP) is -2.46. The van der Waals surface area contributed by atoms with Crippen LogP contribution in [-0.4, -0.2) is 0 Å². The second-order valence-electron chi connectivity index (χ2n) is 3.04. The van der Waals surface area contributed by atoms with Gasteiger partial charge in [0.1, 0.15) is 24.8 Å². The summed E-state index contributed by atoms with van der Waals surface area (Å²) in [6.45, 7) is 0.599. The van der Waals surface area contributed by atoms with E-state index < -0.39 is 0 Å². The lowest BCUT2D eigenvalue weighted by Gasteiger charge is -1.98. The van der Waals surface area contributed by atoms with Crippen LogP contribution < -0.4 is 33.9 Å². The van der Waals surface area contributed by atoms with Crippen LogP contribution in [-0.2, 0) is 13.6 Å². The molecule has 0 bridgehead atoms. The number of aromatic nitrogens is 1. The van der Waals surface area contributed by atoms with Crippen LogP contribution in [0.4, 0.5) is 0 Å². The van der Waals surface area contributed by atoms with E-state index in [0.717, 1.165) is 5.56 Å². The molecule has 0 unspecified atom stereocenters. The smallest absolute Gasteiger partial charge is 0.173 e. The standard InChI is InChI=1S/C11H11N4.HI/c1-15-4-2-3-10(9-15)7-14-8-11(5-12)6-13;/h2-4,8-9,14H,7H2,1H3;1H/q+1;/p-1. The summed E-state index contributed by atoms with van der Waals surface area (Å²) >= 11 is 0. The van der Waals surface area contributed by atoms with Crippen LogP contribution in [0.5, 0.6) is 0 Å². The molecule has 5 heteroatoms. The van der Waals surface area contributed by atoms with Crippen LogP contribution in [0.2, 0.25) is 0 Å². The Kier molecular flexibility index (Phi) is 6.89. The van der Waals surface area contributed by atoms with Crippen molar-refractivity contribution < 1.29 is 28.5 Å². The maximum Gasteiger partial charge on any atom is 0.173 e. The fourth-order valence-corrected chi connectivity index (χ4v) is 1.12. The van der Waals surface area contributed by atoms with Gasteiger partial charge in [-0.2, -0.15) is 10.5 Å². The Morgan fingerprint density at radius 1 is 1.50 bits per heavy atom. The molecule has 1 aromatic heterocycles. The summed E-state index contributed by atoms with van der Waals surface area (Å²) in [6, 6.07) is 7.48. The monoisotopic (exact) mass is 326 g/mol. The van der Waals surface area contributed by atoms with Crippen molar-refractivity contribution in [1.82, 2.24) is 5.32 Å². The average molecular weight is 326 g/mol. The number of aryl methyl sites for hydroxylation is 1. The SMILES string of the molecule is C[n+]1cccc(CNC=C(C#N)C#N)c1.[I-]. The van der Waals surface area contributed by atoms with E-state index >= 15 is 0 Å². The minimum Gasteiger partial charge on any atom is -1.00 e. The second-order valence-corrected chi connectivity index (χ2v) is 3.04. The molecular weight excluding hydrogens is 315 g/mol. The Balaban J connectivity index is 0.00000225. The molecule has 0 aliphatic rings. The fraction of sp³-hybridized carbons (Fsp3) is 0.182. The van der Waals surface area contributed by atoms with Gasteiger partial charge in [-0.25, -0.2) is 4.57 Å². The number of halogens is 1. The van der Waals surface area contributed by atoms with Crippen LogP contribution in [0.3, 0.4) is 0 Å². The third-order valence-electron chi connectivity index (χ3n) is 1.79. The number of nitriles is 2. The molecule has 0 aliphatic carbocycles. The Hall–Kier alpha value is -1.60. The molecule has 0 aliphatic heterocycles. The number of hydrogen-bond donors (Lipinski definition) is 1. The quantitative estimate of drug-likeness (QED) is 0.381. The van der Waals surface area contributed by atoms with Gasteiger partial charge in [0, 0.05) is 24.4 Å². The lowest BCUT2D eigenvalue weighted by molar-refractivity contribution is -0.671. The fourth-order valence-electron chi connectivity index (χ4n) is 1.12. The maximum atomic E-state index is 8.48. The highest BCUT2D eigenvalue weighted by Crippen LogP contribution is 1.93. The first-order chi connectivity index (χ1) is 7.26. The number of pyridine rings is 1. The van der Waals surface area contributed by atoms with Gasteiger partial charge in [-0.15, -0.1) is 0 Å². The number of nitrogens with zero attached hydrogens (tertiary/aromatic N) is 3. The van der Waals surface area contributed by atoms with Crippen LogP contribution in [0, 0.1) is 22.7 Å². The van der Waals surface area contributed by atoms with E-state index in [2.05, 4.69) is 5.32 Å². The summed E-state index contributed by atoms with van der Waals surface area (Å²) in [6.07, 6.45) is 5.33. The van der Waals surface area contributed by atoms with Crippen molar-refractivity contribution >= 4 is 0 Å². The summed E-state index contributed by atoms with van der Waals surface area (Å²) < 4.78 is 1.94. The van der Waals surface area contributed by atoms with Crippen LogP contribution in [0.15, 0.2) is 36.3 Å². The van der Waals surface area contributed by atoms with Gasteiger partial charge in [0.2, 0.25) is 0 Å². The summed E-state index contributed by atoms with van der Waals surface area (Å²) in [5, 5.41) is 19.9. The first-order valence-corrected chi connectivity index (χ1v) is 4.44. The van der Waals surface area contributed by atoms with E-state index in [-0.39, 0.29) is 29.5 Å². The summed E-state index contributed by atoms with van der Waals surface area (Å²) in [5.41, 5.74) is 1.17. The van der Waals surface area contributed by atoms with Gasteiger partial charge in [0.25, 0.3) is 0 Å². The molecule has 0 saturated carbocycles. The van der Waals surface area contributed by atoms with E-state index in [1.807, 2.05) is 36.1 Å². The highest BCUT2D eigenvalue weighted by atomic mass is 127. The molecule has 4 nitrogen and oxygen atoms in total. The Bertz CT molecular complexity index is 438. The van der Waals surface area contributed by atoms with E-state index in [1.165, 1.54) is 6.20 Å². The third kappa shape index (κ3) is 4.76. The molecule has 0 spiro atoms. The molecule has 82 valence electrons. The zero-order valence-corrected chi connectivity index (χ0v) is 11.0. The molecule has 1 N–H and O–H groups in total. The van der Waals surface area contributed by atoms with Crippen molar-refractivity contribution in [3.63, 3.8) is 0 Å². The molecule has 0 saturated heterocycles. The Morgan fingerprint density at radius 3 is 2.75 bits per heavy atom. The van der Waals surface area contributed by atoms with Crippen LogP contribution in [0.25, 0.3) is 0 Å². The number of allylic oxidation sites excluding steroid dienone is 1. The van der Waals surface area contributed by atoms with Gasteiger partial charge in [0.15, 0.2) is 12.4 Å². The normalized spacial score (nSPS) is 7.94. The van der Waals surface area contributed by atoms with Crippen molar-refractivity contribution in [3.8, 4) is 12.1 Å². The molecule has 1 heterocycles. The zero-order chi connectivity index (χ0) is 11.1. The maximum absolute atomic E-state index is 8.48. The lowest BCUT2D eigenvalue weighted by Crippen LogP contribution is -3.00. The van der Waals surface area contributed by atoms with Crippen molar-refractivity contribution in [3.05, 3.63) is 41.9 Å². The molecule has 0 aromatic carbocycles. The van der Waals surface area contributed by atoms with Gasteiger partial charge >= 0.3 is 0 Å². The van der Waals surface area contributed by atoms with E-state index in [0.29, 0.717) is 6.54 Å². The van der Waals surface area contributed by atoms with Gasteiger partial charge in [-0.05, 0) is 6.07 Å². The largest absolute Gasteiger partial charge is 1.00 e. The lowest BCUT2D eigenvalue weighted by atomic mass is 10.3. The highest BCUT2D eigenvalue weighted by Gasteiger charge is 1.96. The summed E-state index contributed by atoms with van der Waals surface area (Å²) in [5.74, 6) is 0. The number of hydrogen-bond acceptors (Lipinski definition) is 3. The first kappa shape index (κ1) is 14.4. The average Bonchev–Trinajstić information content (AvgIpc) is 2.25. The van der Waals surface area contributed by atoms with Crippen LogP contribution in [0.1, 0.15) is 5.56 Å². The molecule has 0 atom stereocenters. The highest BCUT2D eigenvalue weighted by molar-refractivity contribution is 5.34. The van der Waals surface area contributed by atoms with Crippen molar-refractivity contribution in [1.29, 1.82) is 10.5 Å². The molecule has 0 fully saturated rings. The van der Waals surface area contributed by atoms with Gasteiger partial charge in [-0.1, -0.05) is 0 Å². The minimum absolute atomic E-state index is 0. The second kappa shape index (κ2) is 7.66. The van der Waals surface area contributed by atoms with E-state index in [9.17, 15) is 0 Å². The third-order valence-corrected chi connectivity index (χ3v) is 1.79. The van der Waals surface area contributed by atoms with E-state index in [1.54, 1.807) is 12.1 Å². The molecule has 0 amide bonds. The van der Waals surface area contributed by atoms with Crippen molar-refractivity contribution in [2.45, 2.75) is 6.54 Å². The summed E-state index contributed by atoms with van der Waals surface area (Å²) in [4.78, 5) is 0. The minimum atomic E-state index is 0. The van der Waals surface area contributed by atoms with E-state index in [4.69, 9.17) is 10.5 Å². The Morgan fingerprint density at radius 2 is 2.19 bits per heavy atom. The van der Waals surface area contributed by atoms with Gasteiger partial charge < -0.3 is 29.3 Å². The predicted molar refractivity (Wildman–Crippen MR) is 53.8 cm³/mol. The topological polar surface area (TPSA) is 63.5 Å². The molecular formula is C11H11IN4. The molecule has 16 heavy (non-hydrogen) atoms. The molecule has 1 rings (SSSR count). The molecule has 0 radical (unpaired) electrons. The summed E-state index contributed by atoms with van der Waals surface area (Å²) in [7, 11) is 1.94. The van der Waals surface area contributed by atoms with Crippen molar-refractivity contribution in [2.24, 2.45) is 7.05 Å². The number of nitrogens with one attached hydrogen (secondary N) is 1. The zero-order valence-electron chi connectivity index (χ0n) is 8.81.